The van der Waals surface area contributed by atoms with E-state index in [9.17, 15) is 4.79 Å². The number of hydrogen-bond donors (Lipinski definition) is 0. The summed E-state index contributed by atoms with van der Waals surface area (Å²) in [5, 5.41) is 4.27. The highest BCUT2D eigenvalue weighted by atomic mass is 16.5. The zero-order valence-corrected chi connectivity index (χ0v) is 10.5. The minimum absolute atomic E-state index is 0.0186. The lowest BCUT2D eigenvalue weighted by molar-refractivity contribution is 0.0927. The highest BCUT2D eigenvalue weighted by molar-refractivity contribution is 5.43. The molecular weight excluding hydrogens is 230 g/mol. The highest BCUT2D eigenvalue weighted by Gasteiger charge is 2.18. The summed E-state index contributed by atoms with van der Waals surface area (Å²) in [4.78, 5) is 14.2. The Morgan fingerprint density at radius 3 is 2.83 bits per heavy atom. The van der Waals surface area contributed by atoms with Crippen molar-refractivity contribution in [2.45, 2.75) is 38.3 Å². The first kappa shape index (κ1) is 11.7. The Morgan fingerprint density at radius 1 is 1.33 bits per heavy atom. The molecule has 1 atom stereocenters. The molecule has 3 rings (SSSR count). The third-order valence-electron chi connectivity index (χ3n) is 3.73. The molecule has 0 amide bonds. The van der Waals surface area contributed by atoms with Crippen LogP contribution in [0.15, 0.2) is 17.1 Å². The second-order valence-corrected chi connectivity index (χ2v) is 5.06. The van der Waals surface area contributed by atoms with Crippen LogP contribution in [0.25, 0.3) is 0 Å². The molecule has 0 aliphatic carbocycles. The third-order valence-corrected chi connectivity index (χ3v) is 3.73. The van der Waals surface area contributed by atoms with Crippen LogP contribution in [-0.2, 0) is 11.3 Å². The van der Waals surface area contributed by atoms with Gasteiger partial charge < -0.3 is 9.64 Å². The van der Waals surface area contributed by atoms with E-state index >= 15 is 0 Å². The van der Waals surface area contributed by atoms with E-state index in [4.69, 9.17) is 4.74 Å². The van der Waals surface area contributed by atoms with Crippen molar-refractivity contribution < 1.29 is 4.74 Å². The molecule has 1 aromatic rings. The maximum atomic E-state index is 12.0. The van der Waals surface area contributed by atoms with Gasteiger partial charge in [-0.05, 0) is 25.7 Å². The minimum Gasteiger partial charge on any atom is -0.376 e. The summed E-state index contributed by atoms with van der Waals surface area (Å²) >= 11 is 0. The van der Waals surface area contributed by atoms with Gasteiger partial charge in [0.15, 0.2) is 0 Å². The van der Waals surface area contributed by atoms with Crippen LogP contribution in [0.4, 0.5) is 5.69 Å². The number of aromatic nitrogens is 2. The molecule has 98 valence electrons. The quantitative estimate of drug-likeness (QED) is 0.802. The van der Waals surface area contributed by atoms with Gasteiger partial charge in [0.2, 0.25) is 0 Å². The standard InChI is InChI=1S/C13H19N3O2/c17-13-8-11(15-5-1-2-6-15)9-14-16(13)10-12-4-3-7-18-12/h8-9,12H,1-7,10H2/t12-/m0/s1. The average molecular weight is 249 g/mol. The molecule has 2 saturated heterocycles. The second-order valence-electron chi connectivity index (χ2n) is 5.06. The van der Waals surface area contributed by atoms with Gasteiger partial charge in [-0.2, -0.15) is 5.10 Å². The second kappa shape index (κ2) is 5.10. The van der Waals surface area contributed by atoms with Crippen molar-refractivity contribution in [1.82, 2.24) is 9.78 Å². The number of nitrogens with zero attached hydrogens (tertiary/aromatic N) is 3. The van der Waals surface area contributed by atoms with E-state index in [0.29, 0.717) is 6.54 Å². The normalized spacial score (nSPS) is 23.8. The largest absolute Gasteiger partial charge is 0.376 e. The molecule has 0 spiro atoms. The lowest BCUT2D eigenvalue weighted by Crippen LogP contribution is -2.29. The zero-order chi connectivity index (χ0) is 12.4. The topological polar surface area (TPSA) is 47.4 Å². The first-order chi connectivity index (χ1) is 8.83. The molecular formula is C13H19N3O2. The molecule has 0 N–H and O–H groups in total. The van der Waals surface area contributed by atoms with Crippen molar-refractivity contribution in [1.29, 1.82) is 0 Å². The molecule has 18 heavy (non-hydrogen) atoms. The van der Waals surface area contributed by atoms with Gasteiger partial charge in [0, 0.05) is 25.8 Å². The van der Waals surface area contributed by atoms with Crippen molar-refractivity contribution >= 4 is 5.69 Å². The number of anilines is 1. The molecule has 0 unspecified atom stereocenters. The minimum atomic E-state index is -0.0186. The van der Waals surface area contributed by atoms with E-state index in [1.807, 2.05) is 6.20 Å². The van der Waals surface area contributed by atoms with Gasteiger partial charge in [-0.3, -0.25) is 4.79 Å². The summed E-state index contributed by atoms with van der Waals surface area (Å²) < 4.78 is 7.06. The number of rotatable bonds is 3. The van der Waals surface area contributed by atoms with Gasteiger partial charge in [0.25, 0.3) is 5.56 Å². The van der Waals surface area contributed by atoms with Crippen LogP contribution < -0.4 is 10.5 Å². The van der Waals surface area contributed by atoms with Crippen LogP contribution in [-0.4, -0.2) is 35.6 Å². The van der Waals surface area contributed by atoms with Gasteiger partial charge in [0.1, 0.15) is 0 Å². The Morgan fingerprint density at radius 2 is 2.17 bits per heavy atom. The van der Waals surface area contributed by atoms with Crippen LogP contribution in [0, 0.1) is 0 Å². The SMILES string of the molecule is O=c1cc(N2CCCC2)cnn1C[C@@H]1CCCO1. The van der Waals surface area contributed by atoms with Crippen molar-refractivity contribution in [2.75, 3.05) is 24.6 Å². The molecule has 2 aliphatic rings. The number of hydrogen-bond acceptors (Lipinski definition) is 4. The van der Waals surface area contributed by atoms with E-state index in [2.05, 4.69) is 10.00 Å². The maximum absolute atomic E-state index is 12.0. The van der Waals surface area contributed by atoms with E-state index in [0.717, 1.165) is 38.2 Å². The average Bonchev–Trinajstić information content (AvgIpc) is 3.04. The van der Waals surface area contributed by atoms with Crippen LogP contribution in [0.1, 0.15) is 25.7 Å². The smallest absolute Gasteiger partial charge is 0.268 e. The monoisotopic (exact) mass is 249 g/mol. The molecule has 2 aliphatic heterocycles. The molecule has 0 saturated carbocycles. The van der Waals surface area contributed by atoms with Crippen molar-refractivity contribution in [3.8, 4) is 0 Å². The van der Waals surface area contributed by atoms with E-state index in [-0.39, 0.29) is 11.7 Å². The van der Waals surface area contributed by atoms with Crippen LogP contribution in [0.5, 0.6) is 0 Å². The first-order valence-corrected chi connectivity index (χ1v) is 6.77. The Kier molecular flexibility index (Phi) is 3.32. The molecule has 3 heterocycles. The fraction of sp³-hybridized carbons (Fsp3) is 0.692. The lowest BCUT2D eigenvalue weighted by atomic mass is 10.2. The fourth-order valence-corrected chi connectivity index (χ4v) is 2.69. The highest BCUT2D eigenvalue weighted by Crippen LogP contribution is 2.17. The van der Waals surface area contributed by atoms with Crippen LogP contribution >= 0.6 is 0 Å². The van der Waals surface area contributed by atoms with Gasteiger partial charge in [-0.25, -0.2) is 4.68 Å². The van der Waals surface area contributed by atoms with Crippen molar-refractivity contribution in [3.05, 3.63) is 22.6 Å². The summed E-state index contributed by atoms with van der Waals surface area (Å²) in [6.45, 7) is 3.47. The van der Waals surface area contributed by atoms with Gasteiger partial charge >= 0.3 is 0 Å². The molecule has 0 aromatic carbocycles. The van der Waals surface area contributed by atoms with Gasteiger partial charge in [0.05, 0.1) is 24.5 Å². The molecule has 0 bridgehead atoms. The summed E-state index contributed by atoms with van der Waals surface area (Å²) in [5.41, 5.74) is 0.941. The van der Waals surface area contributed by atoms with E-state index < -0.39 is 0 Å². The summed E-state index contributed by atoms with van der Waals surface area (Å²) in [5.74, 6) is 0. The number of ether oxygens (including phenoxy) is 1. The van der Waals surface area contributed by atoms with Crippen molar-refractivity contribution in [2.24, 2.45) is 0 Å². The molecule has 2 fully saturated rings. The first-order valence-electron chi connectivity index (χ1n) is 6.77. The summed E-state index contributed by atoms with van der Waals surface area (Å²) in [6.07, 6.45) is 6.50. The fourth-order valence-electron chi connectivity index (χ4n) is 2.69. The molecule has 5 nitrogen and oxygen atoms in total. The Bertz CT molecular complexity index is 460. The molecule has 5 heteroatoms. The predicted octanol–water partition coefficient (Wildman–Crippen LogP) is 1.02. The van der Waals surface area contributed by atoms with E-state index in [1.54, 1.807) is 6.07 Å². The summed E-state index contributed by atoms with van der Waals surface area (Å²) in [7, 11) is 0. The van der Waals surface area contributed by atoms with Crippen LogP contribution in [0.2, 0.25) is 0 Å². The Balaban J connectivity index is 1.73. The van der Waals surface area contributed by atoms with E-state index in [1.165, 1.54) is 17.5 Å². The Labute approximate surface area is 106 Å². The summed E-state index contributed by atoms with van der Waals surface area (Å²) in [6, 6.07) is 1.70. The predicted molar refractivity (Wildman–Crippen MR) is 68.9 cm³/mol. The zero-order valence-electron chi connectivity index (χ0n) is 10.5. The Hall–Kier alpha value is -1.36. The maximum Gasteiger partial charge on any atom is 0.268 e. The van der Waals surface area contributed by atoms with Crippen molar-refractivity contribution in [3.63, 3.8) is 0 Å². The van der Waals surface area contributed by atoms with Crippen LogP contribution in [0.3, 0.4) is 0 Å². The lowest BCUT2D eigenvalue weighted by Gasteiger charge is -2.17. The molecule has 1 aromatic heterocycles. The van der Waals surface area contributed by atoms with Gasteiger partial charge in [-0.15, -0.1) is 0 Å². The molecule has 0 radical (unpaired) electrons. The van der Waals surface area contributed by atoms with Gasteiger partial charge in [-0.1, -0.05) is 0 Å². The third kappa shape index (κ3) is 2.41.